The van der Waals surface area contributed by atoms with E-state index in [1.165, 1.54) is 30.3 Å². The number of nitro benzene ring substituents is 1. The highest BCUT2D eigenvalue weighted by molar-refractivity contribution is 7.89. The second-order valence-corrected chi connectivity index (χ2v) is 8.85. The van der Waals surface area contributed by atoms with Gasteiger partial charge in [0.25, 0.3) is 5.69 Å². The summed E-state index contributed by atoms with van der Waals surface area (Å²) in [6, 6.07) is 10.00. The zero-order chi connectivity index (χ0) is 23.2. The lowest BCUT2D eigenvalue weighted by molar-refractivity contribution is -0.384. The first-order valence-electron chi connectivity index (χ1n) is 9.58. The summed E-state index contributed by atoms with van der Waals surface area (Å²) in [5, 5.41) is 10.9. The molecule has 2 rings (SSSR count). The first-order chi connectivity index (χ1) is 14.5. The number of benzene rings is 2. The van der Waals surface area contributed by atoms with Gasteiger partial charge in [-0.2, -0.15) is 4.72 Å². The van der Waals surface area contributed by atoms with Crippen molar-refractivity contribution < 1.29 is 27.7 Å². The Bertz CT molecular complexity index is 1070. The van der Waals surface area contributed by atoms with Crippen molar-refractivity contribution in [2.75, 3.05) is 6.61 Å². The normalized spacial score (nSPS) is 13.3. The molecule has 2 atom stereocenters. The van der Waals surface area contributed by atoms with E-state index in [9.17, 15) is 28.1 Å². The minimum atomic E-state index is -3.99. The maximum absolute atomic E-state index is 12.7. The second-order valence-electron chi connectivity index (χ2n) is 7.14. The average molecular weight is 448 g/mol. The van der Waals surface area contributed by atoms with Gasteiger partial charge in [0.15, 0.2) is 6.61 Å². The first-order valence-corrected chi connectivity index (χ1v) is 11.1. The van der Waals surface area contributed by atoms with Gasteiger partial charge in [0, 0.05) is 17.7 Å². The highest BCUT2D eigenvalue weighted by Crippen LogP contribution is 2.17. The summed E-state index contributed by atoms with van der Waals surface area (Å²) >= 11 is 0. The Balaban J connectivity index is 2.13. The smallest absolute Gasteiger partial charge is 0.324 e. The molecule has 166 valence electrons. The van der Waals surface area contributed by atoms with Crippen LogP contribution in [0.5, 0.6) is 0 Å². The highest BCUT2D eigenvalue weighted by Gasteiger charge is 2.31. The molecule has 0 saturated carbocycles. The minimum Gasteiger partial charge on any atom is -0.456 e. The van der Waals surface area contributed by atoms with Gasteiger partial charge in [-0.25, -0.2) is 8.42 Å². The molecular weight excluding hydrogens is 424 g/mol. The number of carbonyl (C=O) groups excluding carboxylic acids is 2. The number of esters is 1. The van der Waals surface area contributed by atoms with Gasteiger partial charge < -0.3 is 4.74 Å². The SMILES string of the molecule is CC[C@H](C)[C@H](NS(=O)(=O)c1ccc(C)cc1)C(=O)OCC(=O)c1cccc([N+](=O)[O-])c1. The summed E-state index contributed by atoms with van der Waals surface area (Å²) in [4.78, 5) is 35.1. The number of hydrogen-bond acceptors (Lipinski definition) is 7. The van der Waals surface area contributed by atoms with Crippen LogP contribution in [-0.2, 0) is 19.6 Å². The summed E-state index contributed by atoms with van der Waals surface area (Å²) in [6.07, 6.45) is 0.481. The Labute approximate surface area is 180 Å². The van der Waals surface area contributed by atoms with Crippen molar-refractivity contribution >= 4 is 27.5 Å². The number of hydrogen-bond donors (Lipinski definition) is 1. The van der Waals surface area contributed by atoms with Crippen LogP contribution in [0, 0.1) is 23.0 Å². The zero-order valence-corrected chi connectivity index (χ0v) is 18.2. The van der Waals surface area contributed by atoms with E-state index in [0.717, 1.165) is 11.6 Å². The van der Waals surface area contributed by atoms with Gasteiger partial charge in [-0.1, -0.05) is 50.1 Å². The van der Waals surface area contributed by atoms with E-state index in [-0.39, 0.29) is 16.1 Å². The Hall–Kier alpha value is -3.11. The van der Waals surface area contributed by atoms with Crippen molar-refractivity contribution in [2.24, 2.45) is 5.92 Å². The van der Waals surface area contributed by atoms with Crippen molar-refractivity contribution in [2.45, 2.75) is 38.1 Å². The van der Waals surface area contributed by atoms with E-state index < -0.39 is 45.3 Å². The summed E-state index contributed by atoms with van der Waals surface area (Å²) in [5.41, 5.74) is 0.638. The van der Waals surface area contributed by atoms with Crippen molar-refractivity contribution in [3.63, 3.8) is 0 Å². The highest BCUT2D eigenvalue weighted by atomic mass is 32.2. The molecule has 9 nitrogen and oxygen atoms in total. The van der Waals surface area contributed by atoms with E-state index >= 15 is 0 Å². The number of aryl methyl sites for hydroxylation is 1. The fourth-order valence-corrected chi connectivity index (χ4v) is 3.98. The molecule has 2 aromatic rings. The van der Waals surface area contributed by atoms with Crippen LogP contribution in [0.25, 0.3) is 0 Å². The number of ether oxygens (including phenoxy) is 1. The van der Waals surface area contributed by atoms with Crippen LogP contribution in [0.1, 0.15) is 36.2 Å². The summed E-state index contributed by atoms with van der Waals surface area (Å²) < 4.78 is 32.8. The Morgan fingerprint density at radius 1 is 1.16 bits per heavy atom. The van der Waals surface area contributed by atoms with Crippen LogP contribution in [0.2, 0.25) is 0 Å². The Morgan fingerprint density at radius 3 is 2.39 bits per heavy atom. The van der Waals surface area contributed by atoms with Gasteiger partial charge in [0.2, 0.25) is 15.8 Å². The molecule has 0 radical (unpaired) electrons. The van der Waals surface area contributed by atoms with Crippen LogP contribution in [0.3, 0.4) is 0 Å². The summed E-state index contributed by atoms with van der Waals surface area (Å²) in [5.74, 6) is -1.94. The lowest BCUT2D eigenvalue weighted by Gasteiger charge is -2.22. The lowest BCUT2D eigenvalue weighted by atomic mass is 10.0. The molecule has 10 heteroatoms. The van der Waals surface area contributed by atoms with Gasteiger partial charge >= 0.3 is 5.97 Å². The second kappa shape index (κ2) is 10.3. The maximum Gasteiger partial charge on any atom is 0.324 e. The third-order valence-electron chi connectivity index (χ3n) is 4.80. The molecule has 0 unspecified atom stereocenters. The van der Waals surface area contributed by atoms with E-state index in [1.807, 2.05) is 6.92 Å². The maximum atomic E-state index is 12.7. The molecule has 0 heterocycles. The predicted octanol–water partition coefficient (Wildman–Crippen LogP) is 3.02. The fraction of sp³-hybridized carbons (Fsp3) is 0.333. The zero-order valence-electron chi connectivity index (χ0n) is 17.4. The van der Waals surface area contributed by atoms with Crippen molar-refractivity contribution in [1.29, 1.82) is 0 Å². The monoisotopic (exact) mass is 448 g/mol. The van der Waals surface area contributed by atoms with Crippen molar-refractivity contribution in [3.05, 3.63) is 69.8 Å². The number of nitrogens with zero attached hydrogens (tertiary/aromatic N) is 1. The fourth-order valence-electron chi connectivity index (χ4n) is 2.69. The molecule has 31 heavy (non-hydrogen) atoms. The molecule has 0 saturated heterocycles. The lowest BCUT2D eigenvalue weighted by Crippen LogP contribution is -2.46. The van der Waals surface area contributed by atoms with Gasteiger partial charge in [-0.15, -0.1) is 0 Å². The minimum absolute atomic E-state index is 0.00637. The van der Waals surface area contributed by atoms with Crippen molar-refractivity contribution in [1.82, 2.24) is 4.72 Å². The largest absolute Gasteiger partial charge is 0.456 e. The number of sulfonamides is 1. The molecule has 0 fully saturated rings. The molecule has 0 aliphatic carbocycles. The quantitative estimate of drug-likeness (QED) is 0.256. The van der Waals surface area contributed by atoms with Crippen LogP contribution < -0.4 is 4.72 Å². The number of rotatable bonds is 10. The molecule has 1 N–H and O–H groups in total. The number of carbonyl (C=O) groups is 2. The van der Waals surface area contributed by atoms with Crippen LogP contribution in [0.4, 0.5) is 5.69 Å². The predicted molar refractivity (Wildman–Crippen MR) is 113 cm³/mol. The van der Waals surface area contributed by atoms with Crippen molar-refractivity contribution in [3.8, 4) is 0 Å². The van der Waals surface area contributed by atoms with Gasteiger partial charge in [-0.05, 0) is 25.0 Å². The molecular formula is C21H24N2O7S. The molecule has 0 bridgehead atoms. The Kier molecular flexibility index (Phi) is 8.01. The molecule has 0 amide bonds. The third-order valence-corrected chi connectivity index (χ3v) is 6.26. The summed E-state index contributed by atoms with van der Waals surface area (Å²) in [6.45, 7) is 4.63. The number of nitrogens with one attached hydrogen (secondary N) is 1. The van der Waals surface area contributed by atoms with Crippen LogP contribution >= 0.6 is 0 Å². The van der Waals surface area contributed by atoms with E-state index in [0.29, 0.717) is 6.42 Å². The first kappa shape index (κ1) is 24.2. The molecule has 0 spiro atoms. The van der Waals surface area contributed by atoms with Crippen LogP contribution in [-0.4, -0.2) is 37.7 Å². The number of non-ortho nitro benzene ring substituents is 1. The standard InChI is InChI=1S/C21H24N2O7S/c1-4-15(3)20(22-31(28,29)18-10-8-14(2)9-11-18)21(25)30-13-19(24)16-6-5-7-17(12-16)23(26)27/h5-12,15,20,22H,4,13H2,1-3H3/t15-,20-/m0/s1. The molecule has 0 aromatic heterocycles. The molecule has 0 aliphatic heterocycles. The number of Topliss-reactive ketones (excluding diaryl/α,β-unsaturated/α-hetero) is 1. The van der Waals surface area contributed by atoms with E-state index in [2.05, 4.69) is 4.72 Å². The van der Waals surface area contributed by atoms with Gasteiger partial charge in [0.05, 0.1) is 9.82 Å². The Morgan fingerprint density at radius 2 is 1.81 bits per heavy atom. The van der Waals surface area contributed by atoms with Gasteiger partial charge in [0.1, 0.15) is 6.04 Å². The molecule has 0 aliphatic rings. The molecule has 2 aromatic carbocycles. The van der Waals surface area contributed by atoms with E-state index in [1.54, 1.807) is 26.0 Å². The summed E-state index contributed by atoms with van der Waals surface area (Å²) in [7, 11) is -3.99. The topological polar surface area (TPSA) is 133 Å². The third kappa shape index (κ3) is 6.43. The number of ketones is 1. The van der Waals surface area contributed by atoms with E-state index in [4.69, 9.17) is 4.74 Å². The average Bonchev–Trinajstić information content (AvgIpc) is 2.75. The van der Waals surface area contributed by atoms with Crippen LogP contribution in [0.15, 0.2) is 53.4 Å². The number of nitro groups is 1. The van der Waals surface area contributed by atoms with Gasteiger partial charge in [-0.3, -0.25) is 19.7 Å².